The molecular formula is C20H25N3O3. The van der Waals surface area contributed by atoms with Crippen LogP contribution < -0.4 is 25.3 Å². The van der Waals surface area contributed by atoms with Crippen molar-refractivity contribution >= 4 is 11.6 Å². The van der Waals surface area contributed by atoms with E-state index in [1.807, 2.05) is 42.5 Å². The molecule has 0 aliphatic heterocycles. The fourth-order valence-electron chi connectivity index (χ4n) is 2.68. The molecule has 6 nitrogen and oxygen atoms in total. The quantitative estimate of drug-likeness (QED) is 0.586. The fourth-order valence-corrected chi connectivity index (χ4v) is 2.68. The summed E-state index contributed by atoms with van der Waals surface area (Å²) in [6.45, 7) is 0.439. The summed E-state index contributed by atoms with van der Waals surface area (Å²) in [6.07, 6.45) is 3.81. The first-order valence-corrected chi connectivity index (χ1v) is 8.73. The Kier molecular flexibility index (Phi) is 5.84. The zero-order chi connectivity index (χ0) is 18.4. The van der Waals surface area contributed by atoms with E-state index >= 15 is 0 Å². The standard InChI is InChI=1S/C20H25N3O3/c1-24-16-10-11-19(25-2)17(12-16)23-20(21)22-13-14-6-3-4-9-18(14)26-15-7-5-8-15/h3-4,6,9-12,15H,5,7-8,13H2,1-2H3,(H3,21,22,23). The summed E-state index contributed by atoms with van der Waals surface area (Å²) >= 11 is 0. The van der Waals surface area contributed by atoms with Gasteiger partial charge < -0.3 is 25.3 Å². The lowest BCUT2D eigenvalue weighted by molar-refractivity contribution is 0.119. The van der Waals surface area contributed by atoms with Crippen LogP contribution in [0.25, 0.3) is 0 Å². The minimum absolute atomic E-state index is 0.301. The first-order chi connectivity index (χ1) is 12.7. The maximum atomic E-state index is 6.06. The average Bonchev–Trinajstić information content (AvgIpc) is 2.63. The van der Waals surface area contributed by atoms with E-state index in [0.717, 1.165) is 24.2 Å². The Bertz CT molecular complexity index is 773. The molecule has 2 aromatic carbocycles. The predicted molar refractivity (Wildman–Crippen MR) is 103 cm³/mol. The van der Waals surface area contributed by atoms with Crippen molar-refractivity contribution in [3.8, 4) is 17.2 Å². The predicted octanol–water partition coefficient (Wildman–Crippen LogP) is 3.56. The molecule has 0 spiro atoms. The van der Waals surface area contributed by atoms with Crippen molar-refractivity contribution in [3.63, 3.8) is 0 Å². The summed E-state index contributed by atoms with van der Waals surface area (Å²) in [6, 6.07) is 13.4. The minimum Gasteiger partial charge on any atom is -0.497 e. The summed E-state index contributed by atoms with van der Waals surface area (Å²) in [5, 5.41) is 3.07. The summed E-state index contributed by atoms with van der Waals surface area (Å²) < 4.78 is 16.6. The number of anilines is 1. The number of benzene rings is 2. The summed E-state index contributed by atoms with van der Waals surface area (Å²) in [4.78, 5) is 4.44. The molecule has 0 saturated heterocycles. The number of hydrogen-bond donors (Lipinski definition) is 2. The normalized spacial score (nSPS) is 14.5. The molecule has 1 aliphatic carbocycles. The molecule has 0 atom stereocenters. The van der Waals surface area contributed by atoms with Crippen LogP contribution in [-0.2, 0) is 6.54 Å². The molecule has 0 heterocycles. The van der Waals surface area contributed by atoms with Gasteiger partial charge in [-0.3, -0.25) is 0 Å². The summed E-state index contributed by atoms with van der Waals surface area (Å²) in [5.74, 6) is 2.56. The highest BCUT2D eigenvalue weighted by Gasteiger charge is 2.20. The second-order valence-corrected chi connectivity index (χ2v) is 6.17. The molecule has 0 unspecified atom stereocenters. The van der Waals surface area contributed by atoms with Crippen LogP contribution in [0.3, 0.4) is 0 Å². The van der Waals surface area contributed by atoms with Crippen molar-refractivity contribution < 1.29 is 14.2 Å². The molecule has 1 fully saturated rings. The van der Waals surface area contributed by atoms with E-state index in [1.54, 1.807) is 14.2 Å². The molecule has 0 aromatic heterocycles. The number of nitrogens with two attached hydrogens (primary N) is 1. The van der Waals surface area contributed by atoms with Gasteiger partial charge >= 0.3 is 0 Å². The van der Waals surface area contributed by atoms with Gasteiger partial charge in [-0.2, -0.15) is 0 Å². The molecule has 1 aliphatic rings. The largest absolute Gasteiger partial charge is 0.497 e. The molecule has 26 heavy (non-hydrogen) atoms. The van der Waals surface area contributed by atoms with Gasteiger partial charge in [0.25, 0.3) is 0 Å². The van der Waals surface area contributed by atoms with Crippen LogP contribution in [0, 0.1) is 0 Å². The highest BCUT2D eigenvalue weighted by molar-refractivity contribution is 5.94. The highest BCUT2D eigenvalue weighted by atomic mass is 16.5. The molecule has 0 bridgehead atoms. The summed E-state index contributed by atoms with van der Waals surface area (Å²) in [5.41, 5.74) is 7.78. The summed E-state index contributed by atoms with van der Waals surface area (Å²) in [7, 11) is 3.22. The zero-order valence-electron chi connectivity index (χ0n) is 15.2. The minimum atomic E-state index is 0.301. The topological polar surface area (TPSA) is 78.1 Å². The van der Waals surface area contributed by atoms with E-state index in [1.165, 1.54) is 6.42 Å². The van der Waals surface area contributed by atoms with E-state index in [2.05, 4.69) is 10.3 Å². The second kappa shape index (κ2) is 8.47. The first kappa shape index (κ1) is 17.9. The lowest BCUT2D eigenvalue weighted by Gasteiger charge is -2.27. The molecule has 138 valence electrons. The molecule has 6 heteroatoms. The van der Waals surface area contributed by atoms with Gasteiger partial charge in [0.2, 0.25) is 0 Å². The zero-order valence-corrected chi connectivity index (χ0v) is 15.2. The number of para-hydroxylation sites is 1. The Morgan fingerprint density at radius 1 is 1.12 bits per heavy atom. The van der Waals surface area contributed by atoms with Crippen molar-refractivity contribution in [2.45, 2.75) is 31.9 Å². The van der Waals surface area contributed by atoms with Gasteiger partial charge in [-0.05, 0) is 37.5 Å². The number of aliphatic imine (C=N–C) groups is 1. The van der Waals surface area contributed by atoms with Gasteiger partial charge in [0.1, 0.15) is 17.2 Å². The second-order valence-electron chi connectivity index (χ2n) is 6.17. The number of methoxy groups -OCH3 is 2. The molecule has 3 rings (SSSR count). The van der Waals surface area contributed by atoms with E-state index in [4.69, 9.17) is 19.9 Å². The van der Waals surface area contributed by atoms with E-state index < -0.39 is 0 Å². The van der Waals surface area contributed by atoms with E-state index in [0.29, 0.717) is 35.8 Å². The van der Waals surface area contributed by atoms with Crippen LogP contribution in [0.5, 0.6) is 17.2 Å². The van der Waals surface area contributed by atoms with Crippen LogP contribution in [0.15, 0.2) is 47.5 Å². The number of hydrogen-bond acceptors (Lipinski definition) is 4. The number of rotatable bonds is 7. The molecule has 1 saturated carbocycles. The van der Waals surface area contributed by atoms with Crippen LogP contribution in [0.4, 0.5) is 5.69 Å². The third-order valence-corrected chi connectivity index (χ3v) is 4.41. The van der Waals surface area contributed by atoms with Gasteiger partial charge in [-0.25, -0.2) is 4.99 Å². The smallest absolute Gasteiger partial charge is 0.193 e. The number of nitrogens with one attached hydrogen (secondary N) is 1. The Morgan fingerprint density at radius 3 is 2.62 bits per heavy atom. The molecule has 0 amide bonds. The highest BCUT2D eigenvalue weighted by Crippen LogP contribution is 2.29. The Morgan fingerprint density at radius 2 is 1.92 bits per heavy atom. The fraction of sp³-hybridized carbons (Fsp3) is 0.350. The van der Waals surface area contributed by atoms with Crippen molar-refractivity contribution in [1.29, 1.82) is 0 Å². The molecule has 0 radical (unpaired) electrons. The first-order valence-electron chi connectivity index (χ1n) is 8.73. The third-order valence-electron chi connectivity index (χ3n) is 4.41. The lowest BCUT2D eigenvalue weighted by Crippen LogP contribution is -2.25. The monoisotopic (exact) mass is 355 g/mol. The van der Waals surface area contributed by atoms with Crippen LogP contribution in [-0.4, -0.2) is 26.3 Å². The third kappa shape index (κ3) is 4.39. The van der Waals surface area contributed by atoms with E-state index in [9.17, 15) is 0 Å². The maximum Gasteiger partial charge on any atom is 0.193 e. The number of ether oxygens (including phenoxy) is 3. The van der Waals surface area contributed by atoms with Gasteiger partial charge in [0, 0.05) is 11.6 Å². The molecule has 2 aromatic rings. The number of guanidine groups is 1. The van der Waals surface area contributed by atoms with E-state index in [-0.39, 0.29) is 0 Å². The molecule has 3 N–H and O–H groups in total. The van der Waals surface area contributed by atoms with Gasteiger partial charge in [-0.1, -0.05) is 18.2 Å². The van der Waals surface area contributed by atoms with Gasteiger partial charge in [0.05, 0.1) is 32.6 Å². The van der Waals surface area contributed by atoms with Gasteiger partial charge in [-0.15, -0.1) is 0 Å². The van der Waals surface area contributed by atoms with Crippen molar-refractivity contribution in [2.75, 3.05) is 19.5 Å². The maximum absolute atomic E-state index is 6.06. The van der Waals surface area contributed by atoms with Gasteiger partial charge in [0.15, 0.2) is 5.96 Å². The van der Waals surface area contributed by atoms with Crippen molar-refractivity contribution in [1.82, 2.24) is 0 Å². The Labute approximate surface area is 154 Å². The number of nitrogens with zero attached hydrogens (tertiary/aromatic N) is 1. The Hall–Kier alpha value is -2.89. The average molecular weight is 355 g/mol. The van der Waals surface area contributed by atoms with Crippen LogP contribution in [0.2, 0.25) is 0 Å². The Balaban J connectivity index is 1.69. The van der Waals surface area contributed by atoms with Crippen LogP contribution >= 0.6 is 0 Å². The molecular weight excluding hydrogens is 330 g/mol. The van der Waals surface area contributed by atoms with Crippen molar-refractivity contribution in [3.05, 3.63) is 48.0 Å². The SMILES string of the molecule is COc1ccc(OC)c(NC(N)=NCc2ccccc2OC2CCC2)c1. The van der Waals surface area contributed by atoms with Crippen LogP contribution in [0.1, 0.15) is 24.8 Å². The van der Waals surface area contributed by atoms with Crippen molar-refractivity contribution in [2.24, 2.45) is 10.7 Å². The lowest BCUT2D eigenvalue weighted by atomic mass is 9.96.